The van der Waals surface area contributed by atoms with Gasteiger partial charge in [0.15, 0.2) is 11.6 Å². The molecule has 2 aromatic carbocycles. The topological polar surface area (TPSA) is 195 Å². The van der Waals surface area contributed by atoms with Crippen molar-refractivity contribution in [1.29, 1.82) is 0 Å². The highest BCUT2D eigenvalue weighted by atomic mass is 16.7. The molecule has 0 aromatic heterocycles. The molecule has 2 saturated heterocycles. The Hall–Kier alpha value is -4.40. The van der Waals surface area contributed by atoms with Gasteiger partial charge in [-0.2, -0.15) is 0 Å². The number of unbranched alkanes of at least 4 members (excludes halogenated alkanes) is 2. The van der Waals surface area contributed by atoms with Gasteiger partial charge in [-0.25, -0.2) is 0 Å². The maximum absolute atomic E-state index is 14.0. The van der Waals surface area contributed by atoms with Crippen LogP contribution in [0.5, 0.6) is 0 Å². The number of Topliss-reactive ketones (excluding diaryl/α,β-unsaturated/α-hetero) is 2. The van der Waals surface area contributed by atoms with Crippen molar-refractivity contribution in [2.24, 2.45) is 28.9 Å². The van der Waals surface area contributed by atoms with Gasteiger partial charge in [-0.1, -0.05) is 89.1 Å². The van der Waals surface area contributed by atoms with Crippen molar-refractivity contribution in [3.63, 3.8) is 0 Å². The predicted octanol–water partition coefficient (Wildman–Crippen LogP) is 6.65. The number of ketones is 2. The molecule has 354 valence electrons. The van der Waals surface area contributed by atoms with E-state index in [2.05, 4.69) is 73.2 Å². The quantitative estimate of drug-likeness (QED) is 0.0657. The standard InChI is InChI=1S/C51H74BN5O8/c1-7-8-13-34-16-18-35(19-17-34)36-20-22-37(23-21-36)42(58)29-38(14-9-11-26-53)48(62)57-41-24-25-46(60)54-27-12-10-15-40(56-47(61)33(3)55-49(41)63)43(59)28-32(2)52-64-45-31-39-30-44(50(39,4)5)51(45,6)65-52/h16-23,32-33,38-41,44-45H,7-15,24-31,53H2,1-6H3,(H,54,60)(H,55,63)(H,56,61)(H,57,62)/t32-,33+,38-,39+,40+,41+,44+,45-,51+/m1/s1. The third-order valence-corrected chi connectivity index (χ3v) is 15.1. The number of rotatable bonds is 17. The fourth-order valence-corrected chi connectivity index (χ4v) is 10.6. The average Bonchev–Trinajstić information content (AvgIpc) is 3.66. The van der Waals surface area contributed by atoms with E-state index in [0.717, 1.165) is 43.2 Å². The molecule has 0 unspecified atom stereocenters. The lowest BCUT2D eigenvalue weighted by Gasteiger charge is -2.64. The Kier molecular flexibility index (Phi) is 17.2. The Labute approximate surface area is 386 Å². The van der Waals surface area contributed by atoms with Gasteiger partial charge >= 0.3 is 7.12 Å². The lowest BCUT2D eigenvalue weighted by Crippen LogP contribution is -2.65. The zero-order chi connectivity index (χ0) is 46.9. The molecule has 3 aliphatic carbocycles. The monoisotopic (exact) mass is 896 g/mol. The van der Waals surface area contributed by atoms with Gasteiger partial charge in [0.2, 0.25) is 23.6 Å². The Bertz CT molecular complexity index is 1990. The first-order chi connectivity index (χ1) is 31.0. The molecule has 2 bridgehead atoms. The minimum atomic E-state index is -1.17. The zero-order valence-electron chi connectivity index (χ0n) is 39.7. The van der Waals surface area contributed by atoms with Crippen LogP contribution in [0.15, 0.2) is 48.5 Å². The van der Waals surface area contributed by atoms with Crippen LogP contribution in [-0.2, 0) is 39.7 Å². The molecule has 0 spiro atoms. The fraction of sp³-hybridized carbons (Fsp3) is 0.647. The summed E-state index contributed by atoms with van der Waals surface area (Å²) in [7, 11) is -0.531. The van der Waals surface area contributed by atoms with Crippen LogP contribution in [0, 0.1) is 23.2 Å². The fourth-order valence-electron chi connectivity index (χ4n) is 10.6. The first-order valence-electron chi connectivity index (χ1n) is 24.5. The summed E-state index contributed by atoms with van der Waals surface area (Å²) in [6, 6.07) is 12.8. The molecule has 13 nitrogen and oxygen atoms in total. The highest BCUT2D eigenvalue weighted by Gasteiger charge is 2.68. The molecule has 5 aliphatic rings. The molecule has 5 fully saturated rings. The van der Waals surface area contributed by atoms with E-state index in [1.165, 1.54) is 12.5 Å². The Morgan fingerprint density at radius 1 is 0.892 bits per heavy atom. The van der Waals surface area contributed by atoms with E-state index in [-0.39, 0.29) is 60.5 Å². The Balaban J connectivity index is 1.08. The molecule has 0 radical (unpaired) electrons. The highest BCUT2D eigenvalue weighted by Crippen LogP contribution is 2.66. The van der Waals surface area contributed by atoms with E-state index >= 15 is 0 Å². The lowest BCUT2D eigenvalue weighted by atomic mass is 9.43. The summed E-state index contributed by atoms with van der Waals surface area (Å²) in [5.74, 6) is -2.33. The third-order valence-electron chi connectivity index (χ3n) is 15.1. The van der Waals surface area contributed by atoms with Crippen molar-refractivity contribution in [2.75, 3.05) is 13.1 Å². The number of aryl methyl sites for hydroxylation is 1. The van der Waals surface area contributed by atoms with Crippen molar-refractivity contribution in [1.82, 2.24) is 21.3 Å². The highest BCUT2D eigenvalue weighted by molar-refractivity contribution is 6.47. The summed E-state index contributed by atoms with van der Waals surface area (Å²) in [5, 5.41) is 11.3. The first-order valence-corrected chi connectivity index (χ1v) is 24.5. The zero-order valence-corrected chi connectivity index (χ0v) is 39.7. The van der Waals surface area contributed by atoms with E-state index in [9.17, 15) is 28.8 Å². The summed E-state index contributed by atoms with van der Waals surface area (Å²) in [5.41, 5.74) is 9.38. The number of nitrogens with two attached hydrogens (primary N) is 1. The first kappa shape index (κ1) is 50.0. The second-order valence-corrected chi connectivity index (χ2v) is 20.2. The number of carbonyl (C=O) groups is 6. The van der Waals surface area contributed by atoms with Gasteiger partial charge in [-0.05, 0) is 124 Å². The molecule has 4 amide bonds. The van der Waals surface area contributed by atoms with Gasteiger partial charge in [0, 0.05) is 37.3 Å². The summed E-state index contributed by atoms with van der Waals surface area (Å²) in [6.07, 6.45) is 8.50. The van der Waals surface area contributed by atoms with Crippen LogP contribution < -0.4 is 27.0 Å². The molecule has 7 rings (SSSR count). The van der Waals surface area contributed by atoms with Gasteiger partial charge in [0.25, 0.3) is 0 Å². The number of benzene rings is 2. The molecule has 2 aromatic rings. The normalized spacial score (nSPS) is 27.9. The molecule has 65 heavy (non-hydrogen) atoms. The van der Waals surface area contributed by atoms with Gasteiger partial charge < -0.3 is 36.3 Å². The van der Waals surface area contributed by atoms with Crippen LogP contribution in [-0.4, -0.2) is 85.2 Å². The van der Waals surface area contributed by atoms with E-state index in [0.29, 0.717) is 69.0 Å². The largest absolute Gasteiger partial charge is 0.461 e. The molecule has 2 heterocycles. The van der Waals surface area contributed by atoms with Crippen molar-refractivity contribution in [3.8, 4) is 11.1 Å². The van der Waals surface area contributed by atoms with E-state index in [4.69, 9.17) is 15.0 Å². The number of nitrogens with one attached hydrogen (secondary N) is 4. The van der Waals surface area contributed by atoms with Crippen molar-refractivity contribution >= 4 is 42.3 Å². The molecular weight excluding hydrogens is 821 g/mol. The SMILES string of the molecule is CCCCc1ccc(-c2ccc(C(=O)C[C@@H](CCCCN)C(=O)N[C@H]3CCC(=O)NCCCC[C@@H](C(=O)C[C@@H](C)B4O[C@@H]5C[C@@H]6C[C@@H](C6(C)C)[C@]5(C)O4)NC(=O)[C@H](C)NC3=O)cc2)cc1. The number of hydrogen-bond donors (Lipinski definition) is 5. The van der Waals surface area contributed by atoms with E-state index in [1.54, 1.807) is 12.1 Å². The van der Waals surface area contributed by atoms with Gasteiger partial charge in [-0.3, -0.25) is 28.8 Å². The predicted molar refractivity (Wildman–Crippen MR) is 253 cm³/mol. The molecule has 3 saturated carbocycles. The van der Waals surface area contributed by atoms with Crippen LogP contribution in [0.3, 0.4) is 0 Å². The van der Waals surface area contributed by atoms with Crippen molar-refractivity contribution in [2.45, 2.75) is 174 Å². The van der Waals surface area contributed by atoms with E-state index < -0.39 is 54.5 Å². The van der Waals surface area contributed by atoms with Crippen LogP contribution in [0.2, 0.25) is 5.82 Å². The maximum Gasteiger partial charge on any atom is 0.461 e. The molecule has 2 aliphatic heterocycles. The molecular formula is C51H74BN5O8. The number of carbonyl (C=O) groups excluding carboxylic acids is 6. The van der Waals surface area contributed by atoms with Crippen molar-refractivity contribution < 1.29 is 38.1 Å². The summed E-state index contributed by atoms with van der Waals surface area (Å²) in [6.45, 7) is 13.2. The Morgan fingerprint density at radius 3 is 2.28 bits per heavy atom. The lowest BCUT2D eigenvalue weighted by molar-refractivity contribution is -0.199. The number of amides is 4. The summed E-state index contributed by atoms with van der Waals surface area (Å²) >= 11 is 0. The average molecular weight is 896 g/mol. The van der Waals surface area contributed by atoms with Crippen molar-refractivity contribution in [3.05, 3.63) is 59.7 Å². The minimum absolute atomic E-state index is 0.00897. The molecule has 6 N–H and O–H groups in total. The minimum Gasteiger partial charge on any atom is -0.405 e. The second kappa shape index (κ2) is 22.4. The maximum atomic E-state index is 14.0. The van der Waals surface area contributed by atoms with Crippen LogP contribution in [0.4, 0.5) is 0 Å². The van der Waals surface area contributed by atoms with Gasteiger partial charge in [0.1, 0.15) is 12.1 Å². The van der Waals surface area contributed by atoms with Crippen LogP contribution in [0.25, 0.3) is 11.1 Å². The summed E-state index contributed by atoms with van der Waals surface area (Å²) in [4.78, 5) is 82.2. The number of hydrogen-bond acceptors (Lipinski definition) is 9. The summed E-state index contributed by atoms with van der Waals surface area (Å²) < 4.78 is 13.1. The van der Waals surface area contributed by atoms with Gasteiger partial charge in [0.05, 0.1) is 17.7 Å². The molecule has 14 heteroatoms. The smallest absolute Gasteiger partial charge is 0.405 e. The van der Waals surface area contributed by atoms with Crippen LogP contribution in [0.1, 0.15) is 147 Å². The molecule has 9 atom stereocenters. The Morgan fingerprint density at radius 2 is 1.60 bits per heavy atom. The van der Waals surface area contributed by atoms with Crippen LogP contribution >= 0.6 is 0 Å². The van der Waals surface area contributed by atoms with E-state index in [1.807, 2.05) is 19.1 Å². The van der Waals surface area contributed by atoms with Gasteiger partial charge in [-0.15, -0.1) is 0 Å². The third kappa shape index (κ3) is 12.3. The second-order valence-electron chi connectivity index (χ2n) is 20.2.